The van der Waals surface area contributed by atoms with Crippen LogP contribution in [0.15, 0.2) is 18.2 Å². The molecule has 0 saturated heterocycles. The van der Waals surface area contributed by atoms with Gasteiger partial charge in [0.25, 0.3) is 0 Å². The van der Waals surface area contributed by atoms with Gasteiger partial charge in [-0.3, -0.25) is 0 Å². The quantitative estimate of drug-likeness (QED) is 0.499. The van der Waals surface area contributed by atoms with Gasteiger partial charge >= 0.3 is 0 Å². The Kier molecular flexibility index (Phi) is 2.86. The summed E-state index contributed by atoms with van der Waals surface area (Å²) < 4.78 is 1.35. The second-order valence-corrected chi connectivity index (χ2v) is 5.38. The molecule has 0 bridgehead atoms. The smallest absolute Gasteiger partial charge is 0.0756 e. The van der Waals surface area contributed by atoms with Crippen molar-refractivity contribution in [2.45, 2.75) is 26.2 Å². The molecule has 1 aromatic rings. The van der Waals surface area contributed by atoms with E-state index in [1.165, 1.54) is 14.6 Å². The van der Waals surface area contributed by atoms with Gasteiger partial charge in [-0.1, -0.05) is 38.4 Å². The summed E-state index contributed by atoms with van der Waals surface area (Å²) in [5.41, 5.74) is 3.07. The molecule has 0 nitrogen and oxygen atoms in total. The fourth-order valence-corrected chi connectivity index (χ4v) is 1.45. The summed E-state index contributed by atoms with van der Waals surface area (Å²) >= 11 is 2.37. The Morgan fingerprint density at radius 2 is 1.83 bits per heavy atom. The van der Waals surface area contributed by atoms with Crippen LogP contribution in [0.3, 0.4) is 0 Å². The van der Waals surface area contributed by atoms with E-state index in [-0.39, 0.29) is 5.41 Å². The number of hydrogen-bond donors (Lipinski definition) is 0. The van der Waals surface area contributed by atoms with Crippen LogP contribution in [0.2, 0.25) is 0 Å². The Balaban J connectivity index is 3.14. The van der Waals surface area contributed by atoms with E-state index in [0.29, 0.717) is 0 Å². The van der Waals surface area contributed by atoms with Gasteiger partial charge in [-0.05, 0) is 39.6 Å². The van der Waals surface area contributed by atoms with Crippen molar-refractivity contribution in [2.75, 3.05) is 0 Å². The van der Waals surface area contributed by atoms with Gasteiger partial charge in [0.15, 0.2) is 0 Å². The van der Waals surface area contributed by atoms with E-state index in [1.54, 1.807) is 0 Å². The Hall–Kier alpha value is 0.0149. The van der Waals surface area contributed by atoms with Gasteiger partial charge in [0.1, 0.15) is 7.85 Å². The predicted octanol–water partition coefficient (Wildman–Crippen LogP) is 1.85. The Morgan fingerprint density at radius 3 is 2.25 bits per heavy atom. The molecule has 0 unspecified atom stereocenters. The lowest BCUT2D eigenvalue weighted by Gasteiger charge is -2.19. The molecule has 0 aromatic heterocycles. The molecule has 1 aromatic carbocycles. The van der Waals surface area contributed by atoms with Crippen molar-refractivity contribution in [3.05, 3.63) is 27.3 Å². The number of rotatable bonds is 0. The van der Waals surface area contributed by atoms with Crippen molar-refractivity contribution >= 4 is 35.9 Å². The fraction of sp³-hybridized carbons (Fsp3) is 0.400. The molecule has 12 heavy (non-hydrogen) atoms. The first-order valence-electron chi connectivity index (χ1n) is 4.18. The van der Waals surface area contributed by atoms with Crippen LogP contribution in [-0.2, 0) is 5.41 Å². The molecule has 2 heteroatoms. The molecule has 0 saturated carbocycles. The Morgan fingerprint density at radius 1 is 1.25 bits per heavy atom. The lowest BCUT2D eigenvalue weighted by molar-refractivity contribution is 0.590. The van der Waals surface area contributed by atoms with Crippen molar-refractivity contribution in [1.29, 1.82) is 0 Å². The average molecular weight is 272 g/mol. The van der Waals surface area contributed by atoms with E-state index in [0.717, 1.165) is 0 Å². The number of benzene rings is 1. The maximum atomic E-state index is 2.37. The normalized spacial score (nSPS) is 11.7. The van der Waals surface area contributed by atoms with Gasteiger partial charge in [0.05, 0.1) is 0 Å². The van der Waals surface area contributed by atoms with E-state index in [9.17, 15) is 0 Å². The van der Waals surface area contributed by atoms with E-state index in [2.05, 4.69) is 69.4 Å². The van der Waals surface area contributed by atoms with E-state index in [1.807, 2.05) is 0 Å². The third-order valence-electron chi connectivity index (χ3n) is 2.02. The lowest BCUT2D eigenvalue weighted by Crippen LogP contribution is -2.16. The summed E-state index contributed by atoms with van der Waals surface area (Å²) in [6, 6.07) is 6.69. The summed E-state index contributed by atoms with van der Waals surface area (Å²) in [5, 5.41) is 0. The van der Waals surface area contributed by atoms with Gasteiger partial charge in [-0.2, -0.15) is 0 Å². The highest BCUT2D eigenvalue weighted by Crippen LogP contribution is 2.21. The number of hydrogen-bond acceptors (Lipinski definition) is 0. The van der Waals surface area contributed by atoms with Crippen molar-refractivity contribution in [3.8, 4) is 0 Å². The second-order valence-electron chi connectivity index (χ2n) is 4.21. The molecular weight excluding hydrogens is 258 g/mol. The zero-order chi connectivity index (χ0) is 9.35. The van der Waals surface area contributed by atoms with Gasteiger partial charge in [0, 0.05) is 3.57 Å². The largest absolute Gasteiger partial charge is 0.140 e. The van der Waals surface area contributed by atoms with Crippen molar-refractivity contribution in [1.82, 2.24) is 0 Å². The predicted molar refractivity (Wildman–Crippen MR) is 66.0 cm³/mol. The van der Waals surface area contributed by atoms with Gasteiger partial charge < -0.3 is 0 Å². The maximum Gasteiger partial charge on any atom is 0.140 e. The SMILES string of the molecule is Bc1cc(C(C)(C)C)ccc1I. The highest BCUT2D eigenvalue weighted by atomic mass is 127. The minimum atomic E-state index is 0.273. The summed E-state index contributed by atoms with van der Waals surface area (Å²) in [4.78, 5) is 0. The van der Waals surface area contributed by atoms with Crippen LogP contribution >= 0.6 is 22.6 Å². The molecule has 0 aliphatic rings. The monoisotopic (exact) mass is 272 g/mol. The first-order valence-corrected chi connectivity index (χ1v) is 5.26. The molecule has 0 atom stereocenters. The molecule has 0 N–H and O–H groups in total. The molecule has 1 rings (SSSR count). The van der Waals surface area contributed by atoms with Crippen molar-refractivity contribution in [2.24, 2.45) is 0 Å². The molecular formula is C10H14BI. The van der Waals surface area contributed by atoms with Crippen molar-refractivity contribution < 1.29 is 0 Å². The maximum absolute atomic E-state index is 2.37. The summed E-state index contributed by atoms with van der Waals surface area (Å²) in [5.74, 6) is 0. The first kappa shape index (κ1) is 10.1. The van der Waals surface area contributed by atoms with E-state index < -0.39 is 0 Å². The molecule has 64 valence electrons. The average Bonchev–Trinajstić information content (AvgIpc) is 1.92. The van der Waals surface area contributed by atoms with Crippen LogP contribution in [0.1, 0.15) is 26.3 Å². The van der Waals surface area contributed by atoms with Gasteiger partial charge in [-0.15, -0.1) is 0 Å². The molecule has 0 fully saturated rings. The summed E-state index contributed by atoms with van der Waals surface area (Å²) in [6.07, 6.45) is 0. The highest BCUT2D eigenvalue weighted by molar-refractivity contribution is 14.1. The zero-order valence-electron chi connectivity index (χ0n) is 8.11. The molecule has 0 radical (unpaired) electrons. The minimum absolute atomic E-state index is 0.273. The molecule has 0 aliphatic carbocycles. The van der Waals surface area contributed by atoms with Crippen LogP contribution < -0.4 is 5.46 Å². The minimum Gasteiger partial charge on any atom is -0.0756 e. The third kappa shape index (κ3) is 2.25. The molecule has 0 heterocycles. The zero-order valence-corrected chi connectivity index (χ0v) is 10.3. The third-order valence-corrected chi connectivity index (χ3v) is 3.23. The summed E-state index contributed by atoms with van der Waals surface area (Å²) in [7, 11) is 2.16. The standard InChI is InChI=1S/C10H14BI/c1-10(2,3)7-4-5-9(12)8(11)6-7/h4-6H,11H2,1-3H3. The van der Waals surface area contributed by atoms with Crippen LogP contribution in [0, 0.1) is 3.57 Å². The van der Waals surface area contributed by atoms with Crippen LogP contribution in [0.25, 0.3) is 0 Å². The first-order chi connectivity index (χ1) is 5.41. The fourth-order valence-electron chi connectivity index (χ4n) is 1.11. The van der Waals surface area contributed by atoms with Crippen LogP contribution in [0.5, 0.6) is 0 Å². The Bertz CT molecular complexity index is 286. The number of halogens is 1. The summed E-state index contributed by atoms with van der Waals surface area (Å²) in [6.45, 7) is 6.73. The second kappa shape index (κ2) is 3.40. The molecule has 0 amide bonds. The highest BCUT2D eigenvalue weighted by Gasteiger charge is 2.13. The van der Waals surface area contributed by atoms with Gasteiger partial charge in [0.2, 0.25) is 0 Å². The molecule has 0 aliphatic heterocycles. The lowest BCUT2D eigenvalue weighted by atomic mass is 9.83. The van der Waals surface area contributed by atoms with Crippen LogP contribution in [0.4, 0.5) is 0 Å². The van der Waals surface area contributed by atoms with Crippen molar-refractivity contribution in [3.63, 3.8) is 0 Å². The van der Waals surface area contributed by atoms with E-state index >= 15 is 0 Å². The molecule has 0 spiro atoms. The Labute approximate surface area is 89.3 Å². The van der Waals surface area contributed by atoms with Gasteiger partial charge in [-0.25, -0.2) is 0 Å². The topological polar surface area (TPSA) is 0 Å². The van der Waals surface area contributed by atoms with Crippen LogP contribution in [-0.4, -0.2) is 7.85 Å². The van der Waals surface area contributed by atoms with E-state index in [4.69, 9.17) is 0 Å².